The number of aliphatic hydroxyl groups is 1. The van der Waals surface area contributed by atoms with Gasteiger partial charge in [-0.15, -0.1) is 0 Å². The third kappa shape index (κ3) is 1.63. The van der Waals surface area contributed by atoms with Crippen LogP contribution in [-0.2, 0) is 9.53 Å². The van der Waals surface area contributed by atoms with Gasteiger partial charge in [-0.05, 0) is 51.0 Å². The minimum atomic E-state index is -0.583. The number of carbonyl (C=O) groups is 1. The summed E-state index contributed by atoms with van der Waals surface area (Å²) in [6.07, 6.45) is 4.91. The van der Waals surface area contributed by atoms with E-state index in [1.165, 1.54) is 5.57 Å². The molecule has 6 atom stereocenters. The van der Waals surface area contributed by atoms with Crippen LogP contribution in [0.25, 0.3) is 0 Å². The molecule has 0 aromatic carbocycles. The molecule has 6 unspecified atom stereocenters. The summed E-state index contributed by atoms with van der Waals surface area (Å²) in [6, 6.07) is 0. The minimum absolute atomic E-state index is 0.0331. The standard InChI is InChI=1S/C15H22O3/c1-8-6-13-11(9(2)14(16)18-13)7-12-10(8)4-5-15(12,3)17/h6,9-13,17H,4-5,7H2,1-3H3. The summed E-state index contributed by atoms with van der Waals surface area (Å²) in [4.78, 5) is 11.7. The molecule has 3 rings (SSSR count). The Bertz CT molecular complexity index is 410. The lowest BCUT2D eigenvalue weighted by Gasteiger charge is -2.31. The molecule has 3 nitrogen and oxygen atoms in total. The highest BCUT2D eigenvalue weighted by molar-refractivity contribution is 5.75. The smallest absolute Gasteiger partial charge is 0.309 e. The van der Waals surface area contributed by atoms with Crippen LogP contribution in [0.2, 0.25) is 0 Å². The second-order valence-electron chi connectivity index (χ2n) is 6.61. The van der Waals surface area contributed by atoms with E-state index in [4.69, 9.17) is 4.74 Å². The van der Waals surface area contributed by atoms with Gasteiger partial charge < -0.3 is 9.84 Å². The van der Waals surface area contributed by atoms with Crippen molar-refractivity contribution in [2.75, 3.05) is 0 Å². The Labute approximate surface area is 108 Å². The Hall–Kier alpha value is -0.830. The SMILES string of the molecule is CC1=CC2OC(=O)C(C)C2CC2C1CCC2(C)O. The van der Waals surface area contributed by atoms with E-state index in [0.717, 1.165) is 19.3 Å². The fraction of sp³-hybridized carbons (Fsp3) is 0.800. The number of carbonyl (C=O) groups excluding carboxylic acids is 1. The monoisotopic (exact) mass is 250 g/mol. The van der Waals surface area contributed by atoms with Gasteiger partial charge in [0.1, 0.15) is 6.10 Å². The van der Waals surface area contributed by atoms with Gasteiger partial charge in [-0.3, -0.25) is 4.79 Å². The number of esters is 1. The van der Waals surface area contributed by atoms with Crippen molar-refractivity contribution in [1.29, 1.82) is 0 Å². The number of fused-ring (bicyclic) bond motifs is 2. The summed E-state index contributed by atoms with van der Waals surface area (Å²) < 4.78 is 5.46. The van der Waals surface area contributed by atoms with E-state index in [0.29, 0.717) is 5.92 Å². The van der Waals surface area contributed by atoms with Crippen LogP contribution in [0.15, 0.2) is 11.6 Å². The van der Waals surface area contributed by atoms with Gasteiger partial charge in [0.05, 0.1) is 11.5 Å². The second-order valence-corrected chi connectivity index (χ2v) is 6.61. The first kappa shape index (κ1) is 12.2. The van der Waals surface area contributed by atoms with Crippen molar-refractivity contribution < 1.29 is 14.6 Å². The predicted octanol–water partition coefficient (Wildman–Crippen LogP) is 2.29. The summed E-state index contributed by atoms with van der Waals surface area (Å²) in [5, 5.41) is 10.6. The molecule has 100 valence electrons. The fourth-order valence-corrected chi connectivity index (χ4v) is 4.19. The molecule has 3 aliphatic rings. The average molecular weight is 250 g/mol. The molecule has 0 bridgehead atoms. The molecule has 2 aliphatic carbocycles. The first-order valence-corrected chi connectivity index (χ1v) is 7.01. The molecule has 3 heteroatoms. The van der Waals surface area contributed by atoms with E-state index in [2.05, 4.69) is 13.0 Å². The van der Waals surface area contributed by atoms with Crippen LogP contribution in [0.5, 0.6) is 0 Å². The lowest BCUT2D eigenvalue weighted by atomic mass is 9.77. The molecule has 0 aromatic rings. The van der Waals surface area contributed by atoms with Gasteiger partial charge in [0.25, 0.3) is 0 Å². The quantitative estimate of drug-likeness (QED) is 0.530. The summed E-state index contributed by atoms with van der Waals surface area (Å²) >= 11 is 0. The van der Waals surface area contributed by atoms with E-state index in [1.54, 1.807) is 0 Å². The third-order valence-corrected chi connectivity index (χ3v) is 5.47. The Kier molecular flexibility index (Phi) is 2.60. The number of hydrogen-bond acceptors (Lipinski definition) is 3. The van der Waals surface area contributed by atoms with Crippen molar-refractivity contribution in [3.63, 3.8) is 0 Å². The molecule has 0 radical (unpaired) electrons. The Morgan fingerprint density at radius 2 is 2.22 bits per heavy atom. The van der Waals surface area contributed by atoms with Crippen molar-refractivity contribution in [2.24, 2.45) is 23.7 Å². The van der Waals surface area contributed by atoms with E-state index >= 15 is 0 Å². The first-order valence-electron chi connectivity index (χ1n) is 7.01. The second kappa shape index (κ2) is 3.83. The van der Waals surface area contributed by atoms with E-state index in [-0.39, 0.29) is 29.8 Å². The zero-order valence-electron chi connectivity index (χ0n) is 11.3. The molecule has 0 amide bonds. The largest absolute Gasteiger partial charge is 0.458 e. The van der Waals surface area contributed by atoms with Gasteiger partial charge in [0.2, 0.25) is 0 Å². The van der Waals surface area contributed by atoms with E-state index in [1.807, 2.05) is 13.8 Å². The van der Waals surface area contributed by atoms with Crippen molar-refractivity contribution in [3.05, 3.63) is 11.6 Å². The predicted molar refractivity (Wildman–Crippen MR) is 67.7 cm³/mol. The molecular weight excluding hydrogens is 228 g/mol. The molecule has 18 heavy (non-hydrogen) atoms. The summed E-state index contributed by atoms with van der Waals surface area (Å²) in [5.74, 6) is 0.878. The molecule has 1 saturated heterocycles. The van der Waals surface area contributed by atoms with E-state index < -0.39 is 5.60 Å². The Balaban J connectivity index is 1.96. The van der Waals surface area contributed by atoms with Crippen LogP contribution in [0.1, 0.15) is 40.0 Å². The van der Waals surface area contributed by atoms with E-state index in [9.17, 15) is 9.90 Å². The van der Waals surface area contributed by atoms with Crippen LogP contribution < -0.4 is 0 Å². The number of rotatable bonds is 0. The Morgan fingerprint density at radius 1 is 1.50 bits per heavy atom. The summed E-state index contributed by atoms with van der Waals surface area (Å²) in [7, 11) is 0. The fourth-order valence-electron chi connectivity index (χ4n) is 4.19. The average Bonchev–Trinajstić information content (AvgIpc) is 2.65. The molecule has 0 spiro atoms. The van der Waals surface area contributed by atoms with Gasteiger partial charge in [-0.25, -0.2) is 0 Å². The van der Waals surface area contributed by atoms with Crippen LogP contribution in [0.4, 0.5) is 0 Å². The molecule has 1 N–H and O–H groups in total. The maximum Gasteiger partial charge on any atom is 0.309 e. The van der Waals surface area contributed by atoms with Gasteiger partial charge >= 0.3 is 5.97 Å². The highest BCUT2D eigenvalue weighted by atomic mass is 16.6. The third-order valence-electron chi connectivity index (χ3n) is 5.47. The maximum absolute atomic E-state index is 11.7. The van der Waals surface area contributed by atoms with Crippen LogP contribution >= 0.6 is 0 Å². The van der Waals surface area contributed by atoms with Crippen LogP contribution in [0.3, 0.4) is 0 Å². The highest BCUT2D eigenvalue weighted by Gasteiger charge is 2.51. The van der Waals surface area contributed by atoms with Gasteiger partial charge in [-0.1, -0.05) is 12.5 Å². The van der Waals surface area contributed by atoms with Crippen molar-refractivity contribution in [3.8, 4) is 0 Å². The maximum atomic E-state index is 11.7. The summed E-state index contributed by atoms with van der Waals surface area (Å²) in [5.41, 5.74) is 0.715. The topological polar surface area (TPSA) is 46.5 Å². The van der Waals surface area contributed by atoms with Gasteiger partial charge in [-0.2, -0.15) is 0 Å². The Morgan fingerprint density at radius 3 is 2.94 bits per heavy atom. The molecule has 2 fully saturated rings. The zero-order chi connectivity index (χ0) is 13.1. The van der Waals surface area contributed by atoms with Crippen molar-refractivity contribution >= 4 is 5.97 Å². The van der Waals surface area contributed by atoms with Crippen molar-refractivity contribution in [1.82, 2.24) is 0 Å². The normalized spacial score (nSPS) is 51.2. The molecule has 1 saturated carbocycles. The molecular formula is C15H22O3. The number of ether oxygens (including phenoxy) is 1. The molecule has 0 aromatic heterocycles. The van der Waals surface area contributed by atoms with Crippen LogP contribution in [-0.4, -0.2) is 22.8 Å². The zero-order valence-corrected chi connectivity index (χ0v) is 11.3. The summed E-state index contributed by atoms with van der Waals surface area (Å²) in [6.45, 7) is 6.03. The lowest BCUT2D eigenvalue weighted by molar-refractivity contribution is -0.142. The highest BCUT2D eigenvalue weighted by Crippen LogP contribution is 2.51. The lowest BCUT2D eigenvalue weighted by Crippen LogP contribution is -2.34. The number of hydrogen-bond donors (Lipinski definition) is 1. The molecule has 1 heterocycles. The molecule has 1 aliphatic heterocycles. The van der Waals surface area contributed by atoms with Gasteiger partial charge in [0.15, 0.2) is 0 Å². The minimum Gasteiger partial charge on any atom is -0.458 e. The first-order chi connectivity index (χ1) is 8.40. The van der Waals surface area contributed by atoms with Gasteiger partial charge in [0, 0.05) is 5.92 Å². The number of allylic oxidation sites excluding steroid dienone is 1. The van der Waals surface area contributed by atoms with Crippen molar-refractivity contribution in [2.45, 2.75) is 51.7 Å². The van der Waals surface area contributed by atoms with Crippen LogP contribution in [0, 0.1) is 23.7 Å².